The number of rotatable bonds is 4. The van der Waals surface area contributed by atoms with Gasteiger partial charge in [0.2, 0.25) is 5.91 Å². The van der Waals surface area contributed by atoms with E-state index in [0.29, 0.717) is 25.1 Å². The Balaban J connectivity index is 1.89. The summed E-state index contributed by atoms with van der Waals surface area (Å²) in [6.07, 6.45) is 3.11. The third-order valence-corrected chi connectivity index (χ3v) is 3.98. The number of pyridine rings is 1. The molecule has 7 heteroatoms. The largest absolute Gasteiger partial charge is 0.390 e. The number of aliphatic hydroxyl groups excluding tert-OH is 1. The van der Waals surface area contributed by atoms with E-state index in [1.165, 1.54) is 11.1 Å². The Morgan fingerprint density at radius 3 is 2.78 bits per heavy atom. The van der Waals surface area contributed by atoms with Crippen LogP contribution in [-0.4, -0.2) is 77.6 Å². The predicted octanol–water partition coefficient (Wildman–Crippen LogP) is -0.357. The molecular weight excluding hydrogens is 296 g/mol. The van der Waals surface area contributed by atoms with E-state index in [-0.39, 0.29) is 24.4 Å². The zero-order chi connectivity index (χ0) is 17.0. The molecule has 0 aliphatic carbocycles. The van der Waals surface area contributed by atoms with Crippen molar-refractivity contribution in [3.63, 3.8) is 0 Å². The molecule has 0 spiro atoms. The van der Waals surface area contributed by atoms with Crippen LogP contribution in [0.15, 0.2) is 18.5 Å². The van der Waals surface area contributed by atoms with Gasteiger partial charge in [-0.1, -0.05) is 0 Å². The minimum atomic E-state index is -0.694. The molecule has 2 N–H and O–H groups in total. The molecule has 7 nitrogen and oxygen atoms in total. The van der Waals surface area contributed by atoms with Crippen molar-refractivity contribution in [2.45, 2.75) is 25.5 Å². The SMILES string of the molecule is Cc1cncc(C(=O)N[C@@H]2CCN(CC(=O)N(C)C)C[C@H]2O)c1. The summed E-state index contributed by atoms with van der Waals surface area (Å²) in [5.41, 5.74) is 1.40. The van der Waals surface area contributed by atoms with E-state index in [1.807, 2.05) is 11.8 Å². The molecule has 2 rings (SSSR count). The molecule has 2 amide bonds. The topological polar surface area (TPSA) is 85.8 Å². The number of carbonyl (C=O) groups excluding carboxylic acids is 2. The van der Waals surface area contributed by atoms with Crippen LogP contribution in [0.4, 0.5) is 0 Å². The molecule has 0 unspecified atom stereocenters. The summed E-state index contributed by atoms with van der Waals surface area (Å²) < 4.78 is 0. The van der Waals surface area contributed by atoms with Crippen LogP contribution < -0.4 is 5.32 Å². The third kappa shape index (κ3) is 4.74. The minimum absolute atomic E-state index is 0.00511. The van der Waals surface area contributed by atoms with Crippen molar-refractivity contribution >= 4 is 11.8 Å². The molecule has 0 saturated carbocycles. The maximum Gasteiger partial charge on any atom is 0.253 e. The standard InChI is InChI=1S/C16H24N4O3/c1-11-6-12(8-17-7-11)16(23)18-13-4-5-20(9-14(13)21)10-15(22)19(2)3/h6-8,13-14,21H,4-5,9-10H2,1-3H3,(H,18,23)/t13-,14-/m1/s1. The molecule has 1 aromatic heterocycles. The fourth-order valence-corrected chi connectivity index (χ4v) is 2.57. The van der Waals surface area contributed by atoms with Gasteiger partial charge in [0.15, 0.2) is 0 Å². The second-order valence-electron chi connectivity index (χ2n) is 6.21. The lowest BCUT2D eigenvalue weighted by Crippen LogP contribution is -2.55. The molecule has 1 aliphatic rings. The van der Waals surface area contributed by atoms with Gasteiger partial charge in [-0.2, -0.15) is 0 Å². The van der Waals surface area contributed by atoms with Gasteiger partial charge < -0.3 is 15.3 Å². The quantitative estimate of drug-likeness (QED) is 0.791. The lowest BCUT2D eigenvalue weighted by molar-refractivity contribution is -0.130. The van der Waals surface area contributed by atoms with Gasteiger partial charge in [0.25, 0.3) is 5.91 Å². The first-order valence-electron chi connectivity index (χ1n) is 7.70. The molecule has 0 aromatic carbocycles. The maximum absolute atomic E-state index is 12.2. The summed E-state index contributed by atoms with van der Waals surface area (Å²) in [7, 11) is 3.42. The monoisotopic (exact) mass is 320 g/mol. The lowest BCUT2D eigenvalue weighted by Gasteiger charge is -2.36. The van der Waals surface area contributed by atoms with Crippen molar-refractivity contribution in [1.82, 2.24) is 20.1 Å². The molecule has 1 aromatic rings. The van der Waals surface area contributed by atoms with Gasteiger partial charge >= 0.3 is 0 Å². The van der Waals surface area contributed by atoms with Crippen molar-refractivity contribution < 1.29 is 14.7 Å². The number of carbonyl (C=O) groups is 2. The average Bonchev–Trinajstić information content (AvgIpc) is 2.49. The number of nitrogens with zero attached hydrogens (tertiary/aromatic N) is 3. The molecule has 126 valence electrons. The lowest BCUT2D eigenvalue weighted by atomic mass is 10.0. The van der Waals surface area contributed by atoms with Crippen LogP contribution in [0.1, 0.15) is 22.3 Å². The summed E-state index contributed by atoms with van der Waals surface area (Å²) in [5.74, 6) is -0.228. The number of hydrogen-bond acceptors (Lipinski definition) is 5. The van der Waals surface area contributed by atoms with Crippen LogP contribution in [0.25, 0.3) is 0 Å². The van der Waals surface area contributed by atoms with E-state index in [9.17, 15) is 14.7 Å². The molecule has 2 heterocycles. The molecular formula is C16H24N4O3. The highest BCUT2D eigenvalue weighted by Crippen LogP contribution is 2.12. The number of hydrogen-bond donors (Lipinski definition) is 2. The van der Waals surface area contributed by atoms with Gasteiger partial charge in [-0.05, 0) is 25.0 Å². The van der Waals surface area contributed by atoms with Crippen molar-refractivity contribution in [1.29, 1.82) is 0 Å². The Labute approximate surface area is 136 Å². The summed E-state index contributed by atoms with van der Waals surface area (Å²) in [6.45, 7) is 3.19. The zero-order valence-electron chi connectivity index (χ0n) is 13.8. The maximum atomic E-state index is 12.2. The Kier molecular flexibility index (Phi) is 5.68. The summed E-state index contributed by atoms with van der Waals surface area (Å²) in [5, 5.41) is 13.1. The van der Waals surface area contributed by atoms with Gasteiger partial charge in [0, 0.05) is 39.6 Å². The Morgan fingerprint density at radius 1 is 1.43 bits per heavy atom. The number of likely N-dealkylation sites (N-methyl/N-ethyl adjacent to an activating group) is 1. The number of aliphatic hydroxyl groups is 1. The number of aromatic nitrogens is 1. The minimum Gasteiger partial charge on any atom is -0.390 e. The number of aryl methyl sites for hydroxylation is 1. The van der Waals surface area contributed by atoms with Gasteiger partial charge in [0.05, 0.1) is 24.3 Å². The van der Waals surface area contributed by atoms with Crippen LogP contribution in [0.2, 0.25) is 0 Å². The number of β-amino-alcohol motifs (C(OH)–C–C–N with tert-alkyl or cyclic N) is 1. The molecule has 1 fully saturated rings. The number of likely N-dealkylation sites (tertiary alicyclic amines) is 1. The van der Waals surface area contributed by atoms with E-state index in [0.717, 1.165) is 5.56 Å². The fourth-order valence-electron chi connectivity index (χ4n) is 2.57. The van der Waals surface area contributed by atoms with Crippen molar-refractivity contribution in [2.24, 2.45) is 0 Å². The van der Waals surface area contributed by atoms with Gasteiger partial charge in [-0.25, -0.2) is 0 Å². The zero-order valence-corrected chi connectivity index (χ0v) is 13.8. The van der Waals surface area contributed by atoms with Gasteiger partial charge in [0.1, 0.15) is 0 Å². The summed E-state index contributed by atoms with van der Waals surface area (Å²) >= 11 is 0. The normalized spacial score (nSPS) is 21.7. The van der Waals surface area contributed by atoms with E-state index in [2.05, 4.69) is 10.3 Å². The summed E-state index contributed by atoms with van der Waals surface area (Å²) in [6, 6.07) is 1.45. The average molecular weight is 320 g/mol. The van der Waals surface area contributed by atoms with Crippen LogP contribution in [-0.2, 0) is 4.79 Å². The van der Waals surface area contributed by atoms with Crippen LogP contribution >= 0.6 is 0 Å². The molecule has 2 atom stereocenters. The second-order valence-corrected chi connectivity index (χ2v) is 6.21. The number of piperidine rings is 1. The number of nitrogens with one attached hydrogen (secondary N) is 1. The number of amides is 2. The first-order valence-corrected chi connectivity index (χ1v) is 7.70. The van der Waals surface area contributed by atoms with Crippen molar-refractivity contribution in [2.75, 3.05) is 33.7 Å². The molecule has 1 aliphatic heterocycles. The van der Waals surface area contributed by atoms with E-state index in [4.69, 9.17) is 0 Å². The highest BCUT2D eigenvalue weighted by atomic mass is 16.3. The highest BCUT2D eigenvalue weighted by Gasteiger charge is 2.30. The fraction of sp³-hybridized carbons (Fsp3) is 0.562. The van der Waals surface area contributed by atoms with Crippen LogP contribution in [0.5, 0.6) is 0 Å². The predicted molar refractivity (Wildman–Crippen MR) is 86.0 cm³/mol. The van der Waals surface area contributed by atoms with Crippen LogP contribution in [0.3, 0.4) is 0 Å². The second kappa shape index (κ2) is 7.52. The van der Waals surface area contributed by atoms with E-state index < -0.39 is 6.10 Å². The third-order valence-electron chi connectivity index (χ3n) is 3.98. The van der Waals surface area contributed by atoms with E-state index in [1.54, 1.807) is 26.4 Å². The summed E-state index contributed by atoms with van der Waals surface area (Å²) in [4.78, 5) is 31.4. The highest BCUT2D eigenvalue weighted by molar-refractivity contribution is 5.94. The van der Waals surface area contributed by atoms with Crippen molar-refractivity contribution in [3.05, 3.63) is 29.6 Å². The van der Waals surface area contributed by atoms with Gasteiger partial charge in [-0.15, -0.1) is 0 Å². The first-order chi connectivity index (χ1) is 10.9. The van der Waals surface area contributed by atoms with Gasteiger partial charge in [-0.3, -0.25) is 19.5 Å². The smallest absolute Gasteiger partial charge is 0.253 e. The Hall–Kier alpha value is -1.99. The first kappa shape index (κ1) is 17.4. The van der Waals surface area contributed by atoms with Crippen molar-refractivity contribution in [3.8, 4) is 0 Å². The molecule has 23 heavy (non-hydrogen) atoms. The molecule has 0 radical (unpaired) electrons. The Bertz CT molecular complexity index is 576. The molecule has 0 bridgehead atoms. The van der Waals surface area contributed by atoms with E-state index >= 15 is 0 Å². The van der Waals surface area contributed by atoms with Crippen LogP contribution in [0, 0.1) is 6.92 Å². The Morgan fingerprint density at radius 2 is 2.17 bits per heavy atom. The molecule has 1 saturated heterocycles.